The van der Waals surface area contributed by atoms with E-state index >= 15 is 0 Å². The summed E-state index contributed by atoms with van der Waals surface area (Å²) in [6, 6.07) is 19.8. The maximum Gasteiger partial charge on any atom is 0.241 e. The molecule has 0 saturated heterocycles. The molecule has 0 aromatic heterocycles. The van der Waals surface area contributed by atoms with Crippen molar-refractivity contribution in [3.05, 3.63) is 66.2 Å². The molecule has 0 heterocycles. The molecule has 0 spiro atoms. The van der Waals surface area contributed by atoms with Gasteiger partial charge in [0, 0.05) is 11.7 Å². The standard InChI is InChI=1S/C18H22N2O/c1-14(13-16-9-5-3-6-10-16)19-15(2)18(21)20-17-11-7-4-8-12-17/h3-12,14-15,19H,13H2,1-2H3,(H,20,21). The monoisotopic (exact) mass is 282 g/mol. The van der Waals surface area contributed by atoms with E-state index in [2.05, 4.69) is 29.7 Å². The van der Waals surface area contributed by atoms with Crippen LogP contribution in [0.3, 0.4) is 0 Å². The molecular weight excluding hydrogens is 260 g/mol. The number of carbonyl (C=O) groups excluding carboxylic acids is 1. The first-order chi connectivity index (χ1) is 10.1. The van der Waals surface area contributed by atoms with E-state index in [4.69, 9.17) is 0 Å². The van der Waals surface area contributed by atoms with Gasteiger partial charge in [0.1, 0.15) is 0 Å². The van der Waals surface area contributed by atoms with Crippen molar-refractivity contribution in [2.45, 2.75) is 32.4 Å². The Morgan fingerprint density at radius 2 is 1.52 bits per heavy atom. The van der Waals surface area contributed by atoms with Gasteiger partial charge in [-0.1, -0.05) is 48.5 Å². The number of hydrogen-bond acceptors (Lipinski definition) is 2. The molecule has 0 aliphatic carbocycles. The lowest BCUT2D eigenvalue weighted by Crippen LogP contribution is -2.43. The predicted octanol–water partition coefficient (Wildman–Crippen LogP) is 3.23. The fourth-order valence-electron chi connectivity index (χ4n) is 2.30. The van der Waals surface area contributed by atoms with Gasteiger partial charge in [0.15, 0.2) is 0 Å². The van der Waals surface area contributed by atoms with Crippen LogP contribution in [-0.2, 0) is 11.2 Å². The lowest BCUT2D eigenvalue weighted by atomic mass is 10.1. The molecule has 0 fully saturated rings. The van der Waals surface area contributed by atoms with Crippen LogP contribution >= 0.6 is 0 Å². The van der Waals surface area contributed by atoms with Gasteiger partial charge in [-0.3, -0.25) is 4.79 Å². The second-order valence-electron chi connectivity index (χ2n) is 5.33. The molecule has 3 heteroatoms. The molecule has 0 aliphatic rings. The lowest BCUT2D eigenvalue weighted by molar-refractivity contribution is -0.117. The first-order valence-corrected chi connectivity index (χ1v) is 7.31. The van der Waals surface area contributed by atoms with Gasteiger partial charge in [-0.2, -0.15) is 0 Å². The van der Waals surface area contributed by atoms with E-state index < -0.39 is 0 Å². The van der Waals surface area contributed by atoms with Crippen molar-refractivity contribution in [2.75, 3.05) is 5.32 Å². The molecule has 21 heavy (non-hydrogen) atoms. The van der Waals surface area contributed by atoms with Crippen molar-refractivity contribution in [2.24, 2.45) is 0 Å². The molecule has 2 rings (SSSR count). The molecule has 0 aliphatic heterocycles. The molecule has 1 amide bonds. The smallest absolute Gasteiger partial charge is 0.241 e. The number of carbonyl (C=O) groups is 1. The molecule has 110 valence electrons. The molecule has 0 saturated carbocycles. The van der Waals surface area contributed by atoms with Crippen LogP contribution in [0.1, 0.15) is 19.4 Å². The summed E-state index contributed by atoms with van der Waals surface area (Å²) in [5.41, 5.74) is 2.10. The van der Waals surface area contributed by atoms with Crippen molar-refractivity contribution < 1.29 is 4.79 Å². The SMILES string of the molecule is CC(Cc1ccccc1)NC(C)C(=O)Nc1ccccc1. The van der Waals surface area contributed by atoms with E-state index in [-0.39, 0.29) is 18.0 Å². The van der Waals surface area contributed by atoms with Crippen LogP contribution in [0.2, 0.25) is 0 Å². The van der Waals surface area contributed by atoms with E-state index in [1.807, 2.05) is 55.5 Å². The molecule has 3 nitrogen and oxygen atoms in total. The highest BCUT2D eigenvalue weighted by Crippen LogP contribution is 2.07. The van der Waals surface area contributed by atoms with Crippen LogP contribution in [0.25, 0.3) is 0 Å². The molecule has 2 aromatic carbocycles. The van der Waals surface area contributed by atoms with Crippen molar-refractivity contribution in [1.82, 2.24) is 5.32 Å². The van der Waals surface area contributed by atoms with Gasteiger partial charge in [-0.05, 0) is 38.0 Å². The molecule has 0 radical (unpaired) electrons. The van der Waals surface area contributed by atoms with Crippen LogP contribution in [0.4, 0.5) is 5.69 Å². The topological polar surface area (TPSA) is 41.1 Å². The van der Waals surface area contributed by atoms with Gasteiger partial charge < -0.3 is 10.6 Å². The Morgan fingerprint density at radius 1 is 0.952 bits per heavy atom. The normalized spacial score (nSPS) is 13.4. The van der Waals surface area contributed by atoms with Crippen LogP contribution in [0, 0.1) is 0 Å². The third-order valence-electron chi connectivity index (χ3n) is 3.35. The summed E-state index contributed by atoms with van der Waals surface area (Å²) in [4.78, 5) is 12.1. The Balaban J connectivity index is 1.83. The summed E-state index contributed by atoms with van der Waals surface area (Å²) >= 11 is 0. The zero-order valence-corrected chi connectivity index (χ0v) is 12.5. The third kappa shape index (κ3) is 5.04. The average molecular weight is 282 g/mol. The number of amides is 1. The van der Waals surface area contributed by atoms with Gasteiger partial charge in [0.2, 0.25) is 5.91 Å². The third-order valence-corrected chi connectivity index (χ3v) is 3.35. The van der Waals surface area contributed by atoms with E-state index in [0.29, 0.717) is 0 Å². The van der Waals surface area contributed by atoms with Crippen LogP contribution in [-0.4, -0.2) is 18.0 Å². The van der Waals surface area contributed by atoms with Gasteiger partial charge in [0.05, 0.1) is 6.04 Å². The summed E-state index contributed by atoms with van der Waals surface area (Å²) in [5.74, 6) is -0.0129. The minimum Gasteiger partial charge on any atom is -0.325 e. The van der Waals surface area contributed by atoms with Gasteiger partial charge in [-0.15, -0.1) is 0 Å². The summed E-state index contributed by atoms with van der Waals surface area (Å²) in [6.07, 6.45) is 0.907. The van der Waals surface area contributed by atoms with Crippen LogP contribution in [0.15, 0.2) is 60.7 Å². The first kappa shape index (κ1) is 15.3. The van der Waals surface area contributed by atoms with Crippen molar-refractivity contribution in [3.63, 3.8) is 0 Å². The number of nitrogens with one attached hydrogen (secondary N) is 2. The largest absolute Gasteiger partial charge is 0.325 e. The number of anilines is 1. The van der Waals surface area contributed by atoms with E-state index in [1.165, 1.54) is 5.56 Å². The fraction of sp³-hybridized carbons (Fsp3) is 0.278. The Bertz CT molecular complexity index is 554. The fourth-order valence-corrected chi connectivity index (χ4v) is 2.30. The van der Waals surface area contributed by atoms with Crippen molar-refractivity contribution in [1.29, 1.82) is 0 Å². The van der Waals surface area contributed by atoms with E-state index in [1.54, 1.807) is 0 Å². The Morgan fingerprint density at radius 3 is 2.14 bits per heavy atom. The van der Waals surface area contributed by atoms with E-state index in [0.717, 1.165) is 12.1 Å². The maximum absolute atomic E-state index is 12.1. The first-order valence-electron chi connectivity index (χ1n) is 7.31. The number of hydrogen-bond donors (Lipinski definition) is 2. The summed E-state index contributed by atoms with van der Waals surface area (Å²) in [6.45, 7) is 3.99. The van der Waals surface area contributed by atoms with Crippen molar-refractivity contribution in [3.8, 4) is 0 Å². The minimum absolute atomic E-state index is 0.0129. The molecule has 2 atom stereocenters. The quantitative estimate of drug-likeness (QED) is 0.854. The Kier molecular flexibility index (Phi) is 5.52. The van der Waals surface area contributed by atoms with Crippen molar-refractivity contribution >= 4 is 11.6 Å². The molecule has 2 unspecified atom stereocenters. The van der Waals surface area contributed by atoms with Gasteiger partial charge in [-0.25, -0.2) is 0 Å². The number of rotatable bonds is 6. The van der Waals surface area contributed by atoms with Gasteiger partial charge >= 0.3 is 0 Å². The Hall–Kier alpha value is -2.13. The molecule has 2 N–H and O–H groups in total. The molecule has 2 aromatic rings. The lowest BCUT2D eigenvalue weighted by Gasteiger charge is -2.19. The van der Waals surface area contributed by atoms with Crippen LogP contribution in [0.5, 0.6) is 0 Å². The highest BCUT2D eigenvalue weighted by atomic mass is 16.2. The zero-order valence-electron chi connectivity index (χ0n) is 12.5. The number of benzene rings is 2. The highest BCUT2D eigenvalue weighted by molar-refractivity contribution is 5.94. The summed E-state index contributed by atoms with van der Waals surface area (Å²) in [7, 11) is 0. The highest BCUT2D eigenvalue weighted by Gasteiger charge is 2.15. The van der Waals surface area contributed by atoms with Crippen LogP contribution < -0.4 is 10.6 Å². The zero-order chi connectivity index (χ0) is 15.1. The maximum atomic E-state index is 12.1. The minimum atomic E-state index is -0.232. The number of para-hydroxylation sites is 1. The summed E-state index contributed by atoms with van der Waals surface area (Å²) < 4.78 is 0. The average Bonchev–Trinajstić information content (AvgIpc) is 2.49. The molecular formula is C18H22N2O. The van der Waals surface area contributed by atoms with E-state index in [9.17, 15) is 4.79 Å². The van der Waals surface area contributed by atoms with Gasteiger partial charge in [0.25, 0.3) is 0 Å². The Labute approximate surface area is 126 Å². The molecule has 0 bridgehead atoms. The second kappa shape index (κ2) is 7.60. The second-order valence-corrected chi connectivity index (χ2v) is 5.33. The summed E-state index contributed by atoms with van der Waals surface area (Å²) in [5, 5.41) is 6.25. The predicted molar refractivity (Wildman–Crippen MR) is 87.3 cm³/mol.